The minimum Gasteiger partial charge on any atom is -0.493 e. The van der Waals surface area contributed by atoms with E-state index in [1.807, 2.05) is 18.2 Å². The lowest BCUT2D eigenvalue weighted by Crippen LogP contribution is -2.68. The second kappa shape index (κ2) is 7.80. The van der Waals surface area contributed by atoms with E-state index < -0.39 is 5.66 Å². The number of carbonyl (C=O) groups excluding carboxylic acids is 1. The molecule has 0 saturated carbocycles. The number of hydrogen-bond donors (Lipinski definition) is 1. The van der Waals surface area contributed by atoms with Gasteiger partial charge in [-0.3, -0.25) is 4.79 Å². The van der Waals surface area contributed by atoms with Crippen LogP contribution >= 0.6 is 0 Å². The zero-order valence-corrected chi connectivity index (χ0v) is 18.7. The van der Waals surface area contributed by atoms with Gasteiger partial charge in [-0.15, -0.1) is 0 Å². The molecule has 0 spiro atoms. The maximum Gasteiger partial charge on any atom is 0.223 e. The van der Waals surface area contributed by atoms with Gasteiger partial charge in [-0.2, -0.15) is 0 Å². The molecule has 5 heteroatoms. The van der Waals surface area contributed by atoms with Gasteiger partial charge in [-0.1, -0.05) is 56.3 Å². The molecule has 2 aromatic rings. The molecule has 0 aromatic heterocycles. The van der Waals surface area contributed by atoms with Crippen LogP contribution in [0.5, 0.6) is 11.5 Å². The maximum atomic E-state index is 12.6. The van der Waals surface area contributed by atoms with Crippen molar-refractivity contribution in [2.45, 2.75) is 38.3 Å². The Hall–Kier alpha value is -3.21. The number of fused-ring (bicyclic) bond motifs is 3. The SMILES string of the molecule is C=CCOc1ccc(/C=C/[C@]23NC(=O)CCN2c2ccc(C)cc2C3(C)C)cc1OC. The highest BCUT2D eigenvalue weighted by Gasteiger charge is 2.57. The van der Waals surface area contributed by atoms with E-state index in [9.17, 15) is 4.79 Å². The third kappa shape index (κ3) is 3.38. The lowest BCUT2D eigenvalue weighted by Gasteiger charge is -2.49. The summed E-state index contributed by atoms with van der Waals surface area (Å²) in [6.45, 7) is 11.3. The average molecular weight is 419 g/mol. The number of benzene rings is 2. The molecule has 1 atom stereocenters. The Morgan fingerprint density at radius 1 is 1.19 bits per heavy atom. The highest BCUT2D eigenvalue weighted by molar-refractivity contribution is 5.84. The number of amides is 1. The molecule has 31 heavy (non-hydrogen) atoms. The van der Waals surface area contributed by atoms with Gasteiger partial charge in [0.1, 0.15) is 12.3 Å². The Balaban J connectivity index is 1.75. The number of ether oxygens (including phenoxy) is 2. The number of carbonyl (C=O) groups is 1. The van der Waals surface area contributed by atoms with Crippen LogP contribution in [0.3, 0.4) is 0 Å². The summed E-state index contributed by atoms with van der Waals surface area (Å²) in [7, 11) is 1.63. The summed E-state index contributed by atoms with van der Waals surface area (Å²) in [5, 5.41) is 3.32. The molecule has 1 amide bonds. The summed E-state index contributed by atoms with van der Waals surface area (Å²) in [5.74, 6) is 1.41. The predicted molar refractivity (Wildman–Crippen MR) is 125 cm³/mol. The Kier molecular flexibility index (Phi) is 5.29. The molecule has 2 aliphatic rings. The summed E-state index contributed by atoms with van der Waals surface area (Å²) < 4.78 is 11.2. The van der Waals surface area contributed by atoms with Crippen molar-refractivity contribution >= 4 is 17.7 Å². The third-order valence-electron chi connectivity index (χ3n) is 6.45. The molecule has 5 nitrogen and oxygen atoms in total. The van der Waals surface area contributed by atoms with Crippen LogP contribution in [-0.2, 0) is 10.2 Å². The molecular weight excluding hydrogens is 388 g/mol. The van der Waals surface area contributed by atoms with Crippen LogP contribution in [0.4, 0.5) is 5.69 Å². The van der Waals surface area contributed by atoms with Gasteiger partial charge in [-0.25, -0.2) is 0 Å². The van der Waals surface area contributed by atoms with E-state index in [1.165, 1.54) is 16.8 Å². The smallest absolute Gasteiger partial charge is 0.223 e. The molecule has 2 aromatic carbocycles. The number of aryl methyl sites for hydroxylation is 1. The quantitative estimate of drug-likeness (QED) is 0.697. The second-order valence-electron chi connectivity index (χ2n) is 8.71. The second-order valence-corrected chi connectivity index (χ2v) is 8.71. The molecule has 162 valence electrons. The van der Waals surface area contributed by atoms with Crippen molar-refractivity contribution in [1.82, 2.24) is 5.32 Å². The summed E-state index contributed by atoms with van der Waals surface area (Å²) in [4.78, 5) is 14.9. The Morgan fingerprint density at radius 2 is 2.00 bits per heavy atom. The molecule has 0 aliphatic carbocycles. The number of methoxy groups -OCH3 is 1. The summed E-state index contributed by atoms with van der Waals surface area (Å²) >= 11 is 0. The highest BCUT2D eigenvalue weighted by atomic mass is 16.5. The van der Waals surface area contributed by atoms with Crippen LogP contribution in [0.2, 0.25) is 0 Å². The summed E-state index contributed by atoms with van der Waals surface area (Å²) in [6.07, 6.45) is 6.37. The number of nitrogens with zero attached hydrogens (tertiary/aromatic N) is 1. The minimum atomic E-state index is -0.635. The molecule has 1 fully saturated rings. The van der Waals surface area contributed by atoms with E-state index in [-0.39, 0.29) is 11.3 Å². The summed E-state index contributed by atoms with van der Waals surface area (Å²) in [6, 6.07) is 12.4. The molecular formula is C26H30N2O3. The first-order valence-corrected chi connectivity index (χ1v) is 10.6. The first-order chi connectivity index (χ1) is 14.8. The van der Waals surface area contributed by atoms with E-state index in [0.717, 1.165) is 5.56 Å². The fraction of sp³-hybridized carbons (Fsp3) is 0.346. The molecule has 2 aliphatic heterocycles. The zero-order chi connectivity index (χ0) is 22.2. The summed E-state index contributed by atoms with van der Waals surface area (Å²) in [5.41, 5.74) is 3.69. The van der Waals surface area contributed by atoms with Gasteiger partial charge < -0.3 is 19.7 Å². The largest absolute Gasteiger partial charge is 0.493 e. The number of hydrogen-bond acceptors (Lipinski definition) is 4. The van der Waals surface area contributed by atoms with E-state index in [2.05, 4.69) is 67.9 Å². The number of nitrogens with one attached hydrogen (secondary N) is 1. The van der Waals surface area contributed by atoms with Crippen LogP contribution in [0, 0.1) is 6.92 Å². The average Bonchev–Trinajstić information content (AvgIpc) is 2.94. The monoisotopic (exact) mass is 418 g/mol. The minimum absolute atomic E-state index is 0.0734. The molecule has 1 N–H and O–H groups in total. The van der Waals surface area contributed by atoms with Gasteiger partial charge in [0.05, 0.1) is 7.11 Å². The molecule has 0 radical (unpaired) electrons. The Morgan fingerprint density at radius 3 is 2.74 bits per heavy atom. The predicted octanol–water partition coefficient (Wildman–Crippen LogP) is 4.60. The molecule has 4 rings (SSSR count). The lowest BCUT2D eigenvalue weighted by atomic mass is 9.74. The van der Waals surface area contributed by atoms with Gasteiger partial charge in [0.2, 0.25) is 5.91 Å². The highest BCUT2D eigenvalue weighted by Crippen LogP contribution is 2.52. The zero-order valence-electron chi connectivity index (χ0n) is 18.7. The van der Waals surface area contributed by atoms with Crippen LogP contribution < -0.4 is 19.7 Å². The van der Waals surface area contributed by atoms with E-state index in [0.29, 0.717) is 31.1 Å². The van der Waals surface area contributed by atoms with Gasteiger partial charge in [0.25, 0.3) is 0 Å². The first kappa shape index (κ1) is 21.0. The molecule has 0 unspecified atom stereocenters. The van der Waals surface area contributed by atoms with Crippen molar-refractivity contribution in [1.29, 1.82) is 0 Å². The van der Waals surface area contributed by atoms with Gasteiger partial charge in [0.15, 0.2) is 11.5 Å². The molecule has 1 saturated heterocycles. The number of anilines is 1. The van der Waals surface area contributed by atoms with Crippen LogP contribution in [0.15, 0.2) is 55.1 Å². The van der Waals surface area contributed by atoms with Crippen LogP contribution in [0.25, 0.3) is 6.08 Å². The fourth-order valence-corrected chi connectivity index (χ4v) is 4.74. The maximum absolute atomic E-state index is 12.6. The van der Waals surface area contributed by atoms with Crippen molar-refractivity contribution < 1.29 is 14.3 Å². The molecule has 0 bridgehead atoms. The van der Waals surface area contributed by atoms with E-state index >= 15 is 0 Å². The van der Waals surface area contributed by atoms with E-state index in [1.54, 1.807) is 13.2 Å². The van der Waals surface area contributed by atoms with Gasteiger partial charge in [0, 0.05) is 24.1 Å². The van der Waals surface area contributed by atoms with Gasteiger partial charge >= 0.3 is 0 Å². The Labute approximate surface area is 184 Å². The first-order valence-electron chi connectivity index (χ1n) is 10.6. The Bertz CT molecular complexity index is 1060. The normalized spacial score (nSPS) is 21.4. The topological polar surface area (TPSA) is 50.8 Å². The van der Waals surface area contributed by atoms with E-state index in [4.69, 9.17) is 9.47 Å². The van der Waals surface area contributed by atoms with Crippen molar-refractivity contribution in [3.8, 4) is 11.5 Å². The standard InChI is InChI=1S/C26H30N2O3/c1-6-15-31-22-10-8-19(17-23(22)30-5)11-13-26-25(3,4)20-16-18(2)7-9-21(20)28(26)14-12-24(29)27-26/h6-11,13,16-17H,1,12,14-15H2,2-5H3,(H,27,29)/b13-11+/t26-/m0/s1. The van der Waals surface area contributed by atoms with Crippen molar-refractivity contribution in [3.63, 3.8) is 0 Å². The van der Waals surface area contributed by atoms with Crippen molar-refractivity contribution in [2.24, 2.45) is 0 Å². The van der Waals surface area contributed by atoms with Crippen LogP contribution in [0.1, 0.15) is 37.0 Å². The molecule has 2 heterocycles. The third-order valence-corrected chi connectivity index (χ3v) is 6.45. The number of rotatable bonds is 6. The van der Waals surface area contributed by atoms with Gasteiger partial charge in [-0.05, 0) is 42.3 Å². The lowest BCUT2D eigenvalue weighted by molar-refractivity contribution is -0.124. The van der Waals surface area contributed by atoms with Crippen LogP contribution in [-0.4, -0.2) is 31.8 Å². The fourth-order valence-electron chi connectivity index (χ4n) is 4.74. The van der Waals surface area contributed by atoms with Crippen molar-refractivity contribution in [2.75, 3.05) is 25.2 Å². The van der Waals surface area contributed by atoms with Crippen molar-refractivity contribution in [3.05, 3.63) is 71.8 Å².